The second kappa shape index (κ2) is 7.21. The first-order valence-electron chi connectivity index (χ1n) is 8.23. The van der Waals surface area contributed by atoms with Gasteiger partial charge in [0, 0.05) is 24.6 Å². The first-order valence-corrected chi connectivity index (χ1v) is 8.23. The summed E-state index contributed by atoms with van der Waals surface area (Å²) in [7, 11) is 0. The zero-order valence-electron chi connectivity index (χ0n) is 14.7. The highest BCUT2D eigenvalue weighted by molar-refractivity contribution is 5.91. The van der Waals surface area contributed by atoms with E-state index in [1.165, 1.54) is 5.56 Å². The summed E-state index contributed by atoms with van der Waals surface area (Å²) in [5.41, 5.74) is 6.20. The Balaban J connectivity index is 1.70. The normalized spacial score (nSPS) is 10.5. The molecular weight excluding hydrogens is 312 g/mol. The van der Waals surface area contributed by atoms with E-state index in [0.717, 1.165) is 28.1 Å². The van der Waals surface area contributed by atoms with Crippen molar-refractivity contribution in [1.82, 2.24) is 14.9 Å². The number of carbonyl (C=O) groups excluding carboxylic acids is 1. The fourth-order valence-corrected chi connectivity index (χ4v) is 3.02. The molecule has 2 N–H and O–H groups in total. The quantitative estimate of drug-likeness (QED) is 0.754. The monoisotopic (exact) mass is 334 g/mol. The molecule has 5 nitrogen and oxygen atoms in total. The topological polar surface area (TPSA) is 59.0 Å². The van der Waals surface area contributed by atoms with Crippen LogP contribution in [0.3, 0.4) is 0 Å². The molecule has 0 unspecified atom stereocenters. The average molecular weight is 334 g/mol. The first kappa shape index (κ1) is 16.8. The number of aryl methyl sites for hydroxylation is 3. The molecule has 1 aromatic heterocycles. The Morgan fingerprint density at radius 1 is 1.12 bits per heavy atom. The number of hydrogen-bond acceptors (Lipinski definition) is 2. The number of anilines is 1. The maximum atomic E-state index is 12.3. The number of carbonyl (C=O) groups is 1. The number of nitrogens with zero attached hydrogens (tertiary/aromatic N) is 2. The molecule has 3 aromatic rings. The molecule has 2 amide bonds. The van der Waals surface area contributed by atoms with Gasteiger partial charge < -0.3 is 15.2 Å². The van der Waals surface area contributed by atoms with Crippen LogP contribution in [-0.2, 0) is 6.54 Å². The van der Waals surface area contributed by atoms with Crippen LogP contribution in [0.1, 0.15) is 22.3 Å². The Hall–Kier alpha value is -3.08. The number of rotatable bonds is 4. The first-order chi connectivity index (χ1) is 12.0. The number of nitrogens with one attached hydrogen (secondary N) is 2. The van der Waals surface area contributed by atoms with Gasteiger partial charge in [0.1, 0.15) is 0 Å². The molecule has 3 rings (SSSR count). The molecule has 0 atom stereocenters. The van der Waals surface area contributed by atoms with Gasteiger partial charge in [-0.25, -0.2) is 9.78 Å². The van der Waals surface area contributed by atoms with Crippen LogP contribution in [0.5, 0.6) is 0 Å². The average Bonchev–Trinajstić information content (AvgIpc) is 3.11. The van der Waals surface area contributed by atoms with E-state index >= 15 is 0 Å². The van der Waals surface area contributed by atoms with Crippen LogP contribution in [0.4, 0.5) is 10.5 Å². The van der Waals surface area contributed by atoms with E-state index in [-0.39, 0.29) is 6.03 Å². The van der Waals surface area contributed by atoms with Gasteiger partial charge in [0.15, 0.2) is 0 Å². The van der Waals surface area contributed by atoms with Gasteiger partial charge in [-0.1, -0.05) is 35.9 Å². The number of amides is 2. The molecule has 5 heteroatoms. The van der Waals surface area contributed by atoms with E-state index in [2.05, 4.69) is 34.7 Å². The Morgan fingerprint density at radius 2 is 1.84 bits per heavy atom. The van der Waals surface area contributed by atoms with Gasteiger partial charge in [0.25, 0.3) is 0 Å². The number of aromatic nitrogens is 2. The van der Waals surface area contributed by atoms with Crippen LogP contribution in [0.15, 0.2) is 55.1 Å². The molecule has 25 heavy (non-hydrogen) atoms. The highest BCUT2D eigenvalue weighted by Gasteiger charge is 2.09. The minimum absolute atomic E-state index is 0.213. The minimum atomic E-state index is -0.213. The number of imidazole rings is 1. The predicted octanol–water partition coefficient (Wildman–Crippen LogP) is 4.12. The Kier molecular flexibility index (Phi) is 4.84. The van der Waals surface area contributed by atoms with E-state index in [0.29, 0.717) is 6.54 Å². The summed E-state index contributed by atoms with van der Waals surface area (Å²) in [6, 6.07) is 11.9. The van der Waals surface area contributed by atoms with Gasteiger partial charge in [-0.05, 0) is 43.5 Å². The van der Waals surface area contributed by atoms with Crippen LogP contribution in [0, 0.1) is 20.8 Å². The second-order valence-corrected chi connectivity index (χ2v) is 6.18. The molecule has 0 aliphatic rings. The van der Waals surface area contributed by atoms with Crippen molar-refractivity contribution in [3.05, 3.63) is 77.4 Å². The Morgan fingerprint density at radius 3 is 2.52 bits per heavy atom. The van der Waals surface area contributed by atoms with Crippen LogP contribution in [-0.4, -0.2) is 15.6 Å². The van der Waals surface area contributed by atoms with Crippen molar-refractivity contribution >= 4 is 11.7 Å². The summed E-state index contributed by atoms with van der Waals surface area (Å²) in [6.07, 6.45) is 5.37. The van der Waals surface area contributed by atoms with Crippen LogP contribution < -0.4 is 10.6 Å². The molecule has 2 aromatic carbocycles. The fourth-order valence-electron chi connectivity index (χ4n) is 3.02. The van der Waals surface area contributed by atoms with Gasteiger partial charge in [0.05, 0.1) is 12.0 Å². The van der Waals surface area contributed by atoms with E-state index in [1.54, 1.807) is 12.5 Å². The fraction of sp³-hybridized carbons (Fsp3) is 0.200. The summed E-state index contributed by atoms with van der Waals surface area (Å²) in [4.78, 5) is 16.4. The third-order valence-corrected chi connectivity index (χ3v) is 4.13. The lowest BCUT2D eigenvalue weighted by Crippen LogP contribution is -2.29. The highest BCUT2D eigenvalue weighted by Crippen LogP contribution is 2.22. The van der Waals surface area contributed by atoms with Crippen molar-refractivity contribution in [1.29, 1.82) is 0 Å². The van der Waals surface area contributed by atoms with Crippen molar-refractivity contribution in [3.8, 4) is 5.69 Å². The number of hydrogen-bond donors (Lipinski definition) is 2. The van der Waals surface area contributed by atoms with Gasteiger partial charge in [-0.15, -0.1) is 0 Å². The van der Waals surface area contributed by atoms with Crippen molar-refractivity contribution in [2.75, 3.05) is 5.32 Å². The molecule has 0 fully saturated rings. The molecule has 0 saturated carbocycles. The standard InChI is InChI=1S/C20H22N4O/c1-14-10-15(2)19(16(3)11-14)23-20(25)22-12-17-6-4-5-7-18(17)24-9-8-21-13-24/h4-11,13H,12H2,1-3H3,(H2,22,23,25). The van der Waals surface area contributed by atoms with Gasteiger partial charge in [0.2, 0.25) is 0 Å². The SMILES string of the molecule is Cc1cc(C)c(NC(=O)NCc2ccccc2-n2ccnc2)c(C)c1. The number of benzene rings is 2. The Bertz CT molecular complexity index is 861. The van der Waals surface area contributed by atoms with Crippen LogP contribution >= 0.6 is 0 Å². The summed E-state index contributed by atoms with van der Waals surface area (Å²) in [5.74, 6) is 0. The van der Waals surface area contributed by atoms with Crippen molar-refractivity contribution < 1.29 is 4.79 Å². The zero-order valence-corrected chi connectivity index (χ0v) is 14.7. The molecule has 0 saturated heterocycles. The van der Waals surface area contributed by atoms with Gasteiger partial charge in [-0.3, -0.25) is 0 Å². The third kappa shape index (κ3) is 3.88. The minimum Gasteiger partial charge on any atom is -0.334 e. The third-order valence-electron chi connectivity index (χ3n) is 4.13. The molecule has 0 spiro atoms. The lowest BCUT2D eigenvalue weighted by Gasteiger charge is -2.15. The van der Waals surface area contributed by atoms with E-state index in [4.69, 9.17) is 0 Å². The van der Waals surface area contributed by atoms with Crippen molar-refractivity contribution in [3.63, 3.8) is 0 Å². The molecule has 0 aliphatic heterocycles. The molecule has 1 heterocycles. The van der Waals surface area contributed by atoms with Crippen LogP contribution in [0.2, 0.25) is 0 Å². The van der Waals surface area contributed by atoms with Crippen LogP contribution in [0.25, 0.3) is 5.69 Å². The lowest BCUT2D eigenvalue weighted by molar-refractivity contribution is 0.251. The summed E-state index contributed by atoms with van der Waals surface area (Å²) in [5, 5.41) is 5.90. The van der Waals surface area contributed by atoms with E-state index < -0.39 is 0 Å². The smallest absolute Gasteiger partial charge is 0.319 e. The van der Waals surface area contributed by atoms with Gasteiger partial charge in [-0.2, -0.15) is 0 Å². The van der Waals surface area contributed by atoms with E-state index in [1.807, 2.05) is 48.9 Å². The predicted molar refractivity (Wildman–Crippen MR) is 100 cm³/mol. The Labute approximate surface area is 147 Å². The molecule has 128 valence electrons. The molecular formula is C20H22N4O. The maximum absolute atomic E-state index is 12.3. The van der Waals surface area contributed by atoms with Gasteiger partial charge >= 0.3 is 6.03 Å². The van der Waals surface area contributed by atoms with Crippen molar-refractivity contribution in [2.24, 2.45) is 0 Å². The summed E-state index contributed by atoms with van der Waals surface area (Å²) in [6.45, 7) is 6.49. The van der Waals surface area contributed by atoms with Crippen molar-refractivity contribution in [2.45, 2.75) is 27.3 Å². The summed E-state index contributed by atoms with van der Waals surface area (Å²) >= 11 is 0. The summed E-state index contributed by atoms with van der Waals surface area (Å²) < 4.78 is 1.93. The molecule has 0 bridgehead atoms. The maximum Gasteiger partial charge on any atom is 0.319 e. The second-order valence-electron chi connectivity index (χ2n) is 6.18. The molecule has 0 aliphatic carbocycles. The van der Waals surface area contributed by atoms with E-state index in [9.17, 15) is 4.79 Å². The largest absolute Gasteiger partial charge is 0.334 e. The zero-order chi connectivity index (χ0) is 17.8. The number of para-hydroxylation sites is 1. The highest BCUT2D eigenvalue weighted by atomic mass is 16.2. The number of urea groups is 1. The lowest BCUT2D eigenvalue weighted by atomic mass is 10.1. The molecule has 0 radical (unpaired) electrons.